The highest BCUT2D eigenvalue weighted by molar-refractivity contribution is 7.12. The Morgan fingerprint density at radius 3 is 2.52 bits per heavy atom. The minimum atomic E-state index is -0.450. The minimum absolute atomic E-state index is 0.200. The molecule has 1 aromatic carbocycles. The number of hydrogen-bond donors (Lipinski definition) is 3. The van der Waals surface area contributed by atoms with Crippen LogP contribution in [0.15, 0.2) is 35.7 Å². The molecule has 2 aromatic rings. The molecule has 142 valence electrons. The molecule has 0 radical (unpaired) electrons. The number of anilines is 1. The van der Waals surface area contributed by atoms with Gasteiger partial charge in [0.25, 0.3) is 5.91 Å². The topological polar surface area (TPSA) is 106 Å². The minimum Gasteiger partial charge on any atom is -0.490 e. The molecular weight excluding hydrogens is 370 g/mol. The molecule has 3 amide bonds. The first-order chi connectivity index (χ1) is 13.1. The zero-order valence-electron chi connectivity index (χ0n) is 14.4. The SMILES string of the molecule is O=C(CNC(=O)c1cccs1)NCC(=O)Nc1ccc2c(c1)OCCCO2. The van der Waals surface area contributed by atoms with Gasteiger partial charge in [-0.25, -0.2) is 0 Å². The van der Waals surface area contributed by atoms with Crippen LogP contribution in [0, 0.1) is 0 Å². The normalized spacial score (nSPS) is 12.6. The smallest absolute Gasteiger partial charge is 0.261 e. The van der Waals surface area contributed by atoms with Crippen molar-refractivity contribution in [3.8, 4) is 11.5 Å². The Bertz CT molecular complexity index is 822. The van der Waals surface area contributed by atoms with E-state index < -0.39 is 5.91 Å². The van der Waals surface area contributed by atoms with Gasteiger partial charge < -0.3 is 25.4 Å². The summed E-state index contributed by atoms with van der Waals surface area (Å²) in [6.07, 6.45) is 0.797. The molecular formula is C18H19N3O5S. The quantitative estimate of drug-likeness (QED) is 0.692. The maximum Gasteiger partial charge on any atom is 0.261 e. The molecule has 0 bridgehead atoms. The summed E-state index contributed by atoms with van der Waals surface area (Å²) in [7, 11) is 0. The Kier molecular flexibility index (Phi) is 6.26. The van der Waals surface area contributed by atoms with Crippen molar-refractivity contribution in [2.75, 3.05) is 31.6 Å². The van der Waals surface area contributed by atoms with Gasteiger partial charge in [0, 0.05) is 18.2 Å². The summed E-state index contributed by atoms with van der Waals surface area (Å²) < 4.78 is 11.1. The van der Waals surface area contributed by atoms with Crippen molar-refractivity contribution in [1.82, 2.24) is 10.6 Å². The molecule has 0 spiro atoms. The number of amides is 3. The van der Waals surface area contributed by atoms with Crippen LogP contribution in [0.2, 0.25) is 0 Å². The molecule has 0 fully saturated rings. The average molecular weight is 389 g/mol. The summed E-state index contributed by atoms with van der Waals surface area (Å²) in [5, 5.41) is 9.41. The van der Waals surface area contributed by atoms with Crippen LogP contribution in [0.4, 0.5) is 5.69 Å². The van der Waals surface area contributed by atoms with Crippen LogP contribution in [0.3, 0.4) is 0 Å². The van der Waals surface area contributed by atoms with Crippen molar-refractivity contribution in [2.24, 2.45) is 0 Å². The molecule has 1 aliphatic heterocycles. The third kappa shape index (κ3) is 5.45. The maximum absolute atomic E-state index is 12.0. The lowest BCUT2D eigenvalue weighted by Gasteiger charge is -2.11. The number of benzene rings is 1. The van der Waals surface area contributed by atoms with E-state index in [1.54, 1.807) is 35.7 Å². The van der Waals surface area contributed by atoms with Gasteiger partial charge in [0.05, 0.1) is 31.2 Å². The van der Waals surface area contributed by atoms with Gasteiger partial charge in [-0.05, 0) is 23.6 Å². The Morgan fingerprint density at radius 2 is 1.74 bits per heavy atom. The van der Waals surface area contributed by atoms with E-state index in [1.807, 2.05) is 0 Å². The molecule has 27 heavy (non-hydrogen) atoms. The molecule has 8 nitrogen and oxygen atoms in total. The largest absolute Gasteiger partial charge is 0.490 e. The van der Waals surface area contributed by atoms with Crippen LogP contribution >= 0.6 is 11.3 Å². The Hall–Kier alpha value is -3.07. The van der Waals surface area contributed by atoms with Crippen LogP contribution in [-0.4, -0.2) is 44.0 Å². The second-order valence-corrected chi connectivity index (χ2v) is 6.64. The molecule has 1 aromatic heterocycles. The number of carbonyl (C=O) groups excluding carboxylic acids is 3. The van der Waals surface area contributed by atoms with Gasteiger partial charge in [-0.2, -0.15) is 0 Å². The molecule has 2 heterocycles. The van der Waals surface area contributed by atoms with Crippen LogP contribution < -0.4 is 25.4 Å². The summed E-state index contributed by atoms with van der Waals surface area (Å²) in [4.78, 5) is 36.0. The van der Waals surface area contributed by atoms with E-state index in [1.165, 1.54) is 11.3 Å². The summed E-state index contributed by atoms with van der Waals surface area (Å²) in [5.74, 6) is 0.0545. The van der Waals surface area contributed by atoms with Crippen molar-refractivity contribution in [3.05, 3.63) is 40.6 Å². The van der Waals surface area contributed by atoms with E-state index in [-0.39, 0.29) is 24.9 Å². The summed E-state index contributed by atoms with van der Waals surface area (Å²) in [6, 6.07) is 8.54. The summed E-state index contributed by atoms with van der Waals surface area (Å²) >= 11 is 1.29. The predicted octanol–water partition coefficient (Wildman–Crippen LogP) is 1.39. The monoisotopic (exact) mass is 389 g/mol. The van der Waals surface area contributed by atoms with E-state index in [0.29, 0.717) is 35.3 Å². The number of ether oxygens (including phenoxy) is 2. The van der Waals surface area contributed by atoms with E-state index >= 15 is 0 Å². The molecule has 3 N–H and O–H groups in total. The zero-order chi connectivity index (χ0) is 19.1. The van der Waals surface area contributed by atoms with Crippen LogP contribution in [0.5, 0.6) is 11.5 Å². The first-order valence-electron chi connectivity index (χ1n) is 8.40. The maximum atomic E-state index is 12.0. The van der Waals surface area contributed by atoms with Gasteiger partial charge in [-0.3, -0.25) is 14.4 Å². The van der Waals surface area contributed by atoms with Gasteiger partial charge in [0.2, 0.25) is 11.8 Å². The Balaban J connectivity index is 1.42. The number of carbonyl (C=O) groups is 3. The number of hydrogen-bond acceptors (Lipinski definition) is 6. The predicted molar refractivity (Wildman–Crippen MR) is 100 cm³/mol. The fourth-order valence-electron chi connectivity index (χ4n) is 2.34. The highest BCUT2D eigenvalue weighted by Crippen LogP contribution is 2.32. The summed E-state index contributed by atoms with van der Waals surface area (Å²) in [6.45, 7) is 0.738. The lowest BCUT2D eigenvalue weighted by Crippen LogP contribution is -2.40. The van der Waals surface area contributed by atoms with Crippen molar-refractivity contribution in [2.45, 2.75) is 6.42 Å². The summed E-state index contributed by atoms with van der Waals surface area (Å²) in [5.41, 5.74) is 0.546. The number of nitrogens with one attached hydrogen (secondary N) is 3. The molecule has 0 saturated heterocycles. The van der Waals surface area contributed by atoms with Gasteiger partial charge in [-0.1, -0.05) is 6.07 Å². The third-order valence-electron chi connectivity index (χ3n) is 3.63. The van der Waals surface area contributed by atoms with Gasteiger partial charge in [0.1, 0.15) is 0 Å². The van der Waals surface area contributed by atoms with Gasteiger partial charge in [-0.15, -0.1) is 11.3 Å². The van der Waals surface area contributed by atoms with E-state index in [9.17, 15) is 14.4 Å². The molecule has 0 aliphatic carbocycles. The van der Waals surface area contributed by atoms with Crippen molar-refractivity contribution < 1.29 is 23.9 Å². The highest BCUT2D eigenvalue weighted by atomic mass is 32.1. The number of rotatable bonds is 6. The molecule has 1 aliphatic rings. The molecule has 9 heteroatoms. The van der Waals surface area contributed by atoms with E-state index in [2.05, 4.69) is 16.0 Å². The molecule has 0 saturated carbocycles. The first kappa shape index (κ1) is 18.7. The van der Waals surface area contributed by atoms with Crippen molar-refractivity contribution >= 4 is 34.7 Å². The highest BCUT2D eigenvalue weighted by Gasteiger charge is 2.13. The third-order valence-corrected chi connectivity index (χ3v) is 4.50. The van der Waals surface area contributed by atoms with Gasteiger partial charge >= 0.3 is 0 Å². The number of fused-ring (bicyclic) bond motifs is 1. The second-order valence-electron chi connectivity index (χ2n) is 5.70. The Labute approximate surface area is 159 Å². The van der Waals surface area contributed by atoms with Crippen LogP contribution in [0.25, 0.3) is 0 Å². The Morgan fingerprint density at radius 1 is 0.963 bits per heavy atom. The average Bonchev–Trinajstić information content (AvgIpc) is 3.11. The number of thiophene rings is 1. The van der Waals surface area contributed by atoms with Crippen LogP contribution in [-0.2, 0) is 9.59 Å². The fraction of sp³-hybridized carbons (Fsp3) is 0.278. The second kappa shape index (κ2) is 9.04. The van der Waals surface area contributed by atoms with E-state index in [0.717, 1.165) is 6.42 Å². The van der Waals surface area contributed by atoms with Crippen molar-refractivity contribution in [1.29, 1.82) is 0 Å². The zero-order valence-corrected chi connectivity index (χ0v) is 15.3. The standard InChI is InChI=1S/C18H19N3O5S/c22-16(10-20-18(24)15-3-1-8-27-15)19-11-17(23)21-12-4-5-13-14(9-12)26-7-2-6-25-13/h1,3-5,8-9H,2,6-7,10-11H2,(H,19,22)(H,20,24)(H,21,23). The van der Waals surface area contributed by atoms with Crippen molar-refractivity contribution in [3.63, 3.8) is 0 Å². The fourth-order valence-corrected chi connectivity index (χ4v) is 2.98. The molecule has 0 unspecified atom stereocenters. The van der Waals surface area contributed by atoms with E-state index in [4.69, 9.17) is 9.47 Å². The van der Waals surface area contributed by atoms with Crippen LogP contribution in [0.1, 0.15) is 16.1 Å². The molecule has 3 rings (SSSR count). The van der Waals surface area contributed by atoms with Gasteiger partial charge in [0.15, 0.2) is 11.5 Å². The molecule has 0 atom stereocenters. The lowest BCUT2D eigenvalue weighted by molar-refractivity contribution is -0.123. The lowest BCUT2D eigenvalue weighted by atomic mass is 10.2. The first-order valence-corrected chi connectivity index (χ1v) is 9.28.